The number of alkyl halides is 2. The maximum atomic E-state index is 16.8. The Kier molecular flexibility index (Phi) is 7.69. The van der Waals surface area contributed by atoms with Gasteiger partial charge in [0.1, 0.15) is 23.8 Å². The minimum atomic E-state index is -2.91. The molecule has 2 fully saturated rings. The number of hydrogen-bond acceptors (Lipinski definition) is 7. The number of nitrogens with one attached hydrogen (secondary N) is 2. The lowest BCUT2D eigenvalue weighted by Crippen LogP contribution is -2.55. The molecule has 8 nitrogen and oxygen atoms in total. The zero-order valence-corrected chi connectivity index (χ0v) is 26.3. The first-order valence-electron chi connectivity index (χ1n) is 14.8. The molecule has 3 atom stereocenters. The van der Waals surface area contributed by atoms with E-state index in [1.165, 1.54) is 6.07 Å². The molecule has 1 saturated carbocycles. The van der Waals surface area contributed by atoms with Gasteiger partial charge in [-0.15, -0.1) is 0 Å². The first-order chi connectivity index (χ1) is 20.7. The predicted octanol–water partition coefficient (Wildman–Crippen LogP) is 6.26. The van der Waals surface area contributed by atoms with Gasteiger partial charge in [-0.25, -0.2) is 17.6 Å². The van der Waals surface area contributed by atoms with E-state index in [9.17, 15) is 8.78 Å². The van der Waals surface area contributed by atoms with Gasteiger partial charge >= 0.3 is 6.01 Å². The molecule has 0 amide bonds. The third kappa shape index (κ3) is 5.14. The van der Waals surface area contributed by atoms with Crippen LogP contribution in [0.2, 0.25) is 5.02 Å². The predicted molar refractivity (Wildman–Crippen MR) is 164 cm³/mol. The van der Waals surface area contributed by atoms with Gasteiger partial charge in [0.05, 0.1) is 21.5 Å². The van der Waals surface area contributed by atoms with Crippen LogP contribution in [-0.4, -0.2) is 83.4 Å². The van der Waals surface area contributed by atoms with Crippen molar-refractivity contribution in [1.82, 2.24) is 30.4 Å². The van der Waals surface area contributed by atoms with Crippen molar-refractivity contribution in [2.75, 3.05) is 45.2 Å². The van der Waals surface area contributed by atoms with Crippen LogP contribution in [0.4, 0.5) is 23.4 Å². The highest BCUT2D eigenvalue weighted by Crippen LogP contribution is 2.60. The van der Waals surface area contributed by atoms with Crippen LogP contribution in [0.1, 0.15) is 37.9 Å². The number of nitrogens with zero attached hydrogens (tertiary/aromatic N) is 5. The first-order valence-corrected chi connectivity index (χ1v) is 15.1. The van der Waals surface area contributed by atoms with E-state index in [1.807, 2.05) is 11.8 Å². The summed E-state index contributed by atoms with van der Waals surface area (Å²) in [6, 6.07) is 2.90. The Morgan fingerprint density at radius 3 is 2.52 bits per heavy atom. The van der Waals surface area contributed by atoms with Crippen molar-refractivity contribution in [3.8, 4) is 17.1 Å². The van der Waals surface area contributed by atoms with Crippen molar-refractivity contribution in [2.24, 2.45) is 5.41 Å². The number of ether oxygens (including phenoxy) is 1. The molecule has 2 aromatic carbocycles. The maximum Gasteiger partial charge on any atom is 0.319 e. The highest BCUT2D eigenvalue weighted by atomic mass is 35.5. The monoisotopic (exact) mass is 633 g/mol. The quantitative estimate of drug-likeness (QED) is 0.222. The molecule has 3 heterocycles. The Bertz CT molecular complexity index is 1760. The molecule has 1 aliphatic heterocycles. The van der Waals surface area contributed by atoms with E-state index >= 15 is 8.78 Å². The van der Waals surface area contributed by atoms with Crippen LogP contribution >= 0.6 is 11.6 Å². The van der Waals surface area contributed by atoms with E-state index in [2.05, 4.69) is 32.4 Å². The Morgan fingerprint density at radius 2 is 1.86 bits per heavy atom. The van der Waals surface area contributed by atoms with Gasteiger partial charge in [0.2, 0.25) is 0 Å². The average Bonchev–Trinajstić information content (AvgIpc) is 3.29. The van der Waals surface area contributed by atoms with Crippen molar-refractivity contribution in [3.63, 3.8) is 0 Å². The summed E-state index contributed by atoms with van der Waals surface area (Å²) in [7, 11) is 3.44. The molecular formula is C31H36ClF4N7O. The van der Waals surface area contributed by atoms with E-state index < -0.39 is 23.0 Å². The van der Waals surface area contributed by atoms with Crippen LogP contribution < -0.4 is 15.0 Å². The molecule has 236 valence electrons. The van der Waals surface area contributed by atoms with Gasteiger partial charge in [0.15, 0.2) is 5.82 Å². The second-order valence-corrected chi connectivity index (χ2v) is 13.0. The summed E-state index contributed by atoms with van der Waals surface area (Å²) in [6.45, 7) is 8.35. The number of aryl methyl sites for hydroxylation is 2. The topological polar surface area (TPSA) is 82.2 Å². The summed E-state index contributed by atoms with van der Waals surface area (Å²) in [5.41, 5.74) is -0.0627. The van der Waals surface area contributed by atoms with Crippen molar-refractivity contribution in [3.05, 3.63) is 40.0 Å². The van der Waals surface area contributed by atoms with E-state index in [0.29, 0.717) is 35.2 Å². The number of H-pyrrole nitrogens is 1. The Balaban J connectivity index is 1.54. The third-order valence-corrected chi connectivity index (χ3v) is 9.28. The zero-order chi connectivity index (χ0) is 31.7. The summed E-state index contributed by atoms with van der Waals surface area (Å²) in [4.78, 5) is 12.6. The second kappa shape index (κ2) is 11.0. The van der Waals surface area contributed by atoms with E-state index in [0.717, 1.165) is 6.42 Å². The lowest BCUT2D eigenvalue weighted by molar-refractivity contribution is 0.0288. The standard InChI is InChI=1S/C31H36ClF4N7O/c1-7-18-11-43(10-16(3)37-18)28-19-9-20(33)23(24-22-17(4)40-41-21(22)8-15(2)25(24)32)26(34)27(19)38-29(39-28)44-14-30(13-42(5)6)12-31(30,35)36/h8-9,16,18,37H,7,10-14H2,1-6H3,(H,40,41)/t16-,18-,30-/m1/s1. The van der Waals surface area contributed by atoms with Crippen LogP contribution in [-0.2, 0) is 0 Å². The Labute approximate surface area is 258 Å². The summed E-state index contributed by atoms with van der Waals surface area (Å²) >= 11 is 6.72. The minimum Gasteiger partial charge on any atom is -0.463 e. The van der Waals surface area contributed by atoms with Crippen molar-refractivity contribution in [2.45, 2.75) is 58.5 Å². The van der Waals surface area contributed by atoms with Crippen molar-refractivity contribution >= 4 is 39.2 Å². The Hall–Kier alpha value is -3.22. The molecule has 44 heavy (non-hydrogen) atoms. The zero-order valence-electron chi connectivity index (χ0n) is 25.6. The fourth-order valence-electron chi connectivity index (χ4n) is 6.53. The van der Waals surface area contributed by atoms with E-state index in [1.54, 1.807) is 38.9 Å². The molecule has 0 bridgehead atoms. The molecule has 4 aromatic rings. The van der Waals surface area contributed by atoms with Gasteiger partial charge in [-0.3, -0.25) is 5.10 Å². The number of benzene rings is 2. The molecular weight excluding hydrogens is 598 g/mol. The first kappa shape index (κ1) is 30.8. The van der Waals surface area contributed by atoms with Gasteiger partial charge in [-0.1, -0.05) is 18.5 Å². The largest absolute Gasteiger partial charge is 0.463 e. The molecule has 0 radical (unpaired) electrons. The van der Waals surface area contributed by atoms with Gasteiger partial charge in [0, 0.05) is 60.2 Å². The molecule has 13 heteroatoms. The maximum absolute atomic E-state index is 16.8. The average molecular weight is 634 g/mol. The molecule has 2 aromatic heterocycles. The van der Waals surface area contributed by atoms with E-state index in [-0.39, 0.29) is 70.5 Å². The van der Waals surface area contributed by atoms with Crippen LogP contribution in [0, 0.1) is 30.9 Å². The molecule has 2 N–H and O–H groups in total. The molecule has 1 saturated heterocycles. The summed E-state index contributed by atoms with van der Waals surface area (Å²) in [6.07, 6.45) is 0.496. The van der Waals surface area contributed by atoms with Gasteiger partial charge in [-0.2, -0.15) is 15.1 Å². The number of aromatic nitrogens is 4. The molecule has 2 aliphatic rings. The molecule has 0 spiro atoms. The molecule has 0 unspecified atom stereocenters. The number of aromatic amines is 1. The molecule has 1 aliphatic carbocycles. The smallest absolute Gasteiger partial charge is 0.319 e. The van der Waals surface area contributed by atoms with Gasteiger partial charge in [-0.05, 0) is 59.0 Å². The van der Waals surface area contributed by atoms with E-state index in [4.69, 9.17) is 16.3 Å². The van der Waals surface area contributed by atoms with Crippen LogP contribution in [0.25, 0.3) is 32.9 Å². The van der Waals surface area contributed by atoms with Gasteiger partial charge in [0.25, 0.3) is 5.92 Å². The lowest BCUT2D eigenvalue weighted by atomic mass is 9.95. The number of halogens is 5. The van der Waals surface area contributed by atoms with Crippen LogP contribution in [0.3, 0.4) is 0 Å². The third-order valence-electron chi connectivity index (χ3n) is 8.79. The highest BCUT2D eigenvalue weighted by molar-refractivity contribution is 6.36. The SMILES string of the molecule is CC[C@@H]1CN(c2nc(OC[C@]3(CN(C)C)CC3(F)F)nc3c(F)c(-c4c(Cl)c(C)cc5n[nH]c(C)c45)c(F)cc23)C[C@@H](C)N1. The van der Waals surface area contributed by atoms with Crippen molar-refractivity contribution in [1.29, 1.82) is 0 Å². The minimum absolute atomic E-state index is 0.0639. The number of hydrogen-bond donors (Lipinski definition) is 2. The summed E-state index contributed by atoms with van der Waals surface area (Å²) in [5.74, 6) is -4.40. The Morgan fingerprint density at radius 1 is 1.14 bits per heavy atom. The number of fused-ring (bicyclic) bond motifs is 2. The number of rotatable bonds is 8. The highest BCUT2D eigenvalue weighted by Gasteiger charge is 2.71. The lowest BCUT2D eigenvalue weighted by Gasteiger charge is -2.38. The normalized spacial score (nSPS) is 23.2. The fraction of sp³-hybridized carbons (Fsp3) is 0.516. The van der Waals surface area contributed by atoms with Crippen LogP contribution in [0.5, 0.6) is 6.01 Å². The fourth-order valence-corrected chi connectivity index (χ4v) is 6.78. The summed E-state index contributed by atoms with van der Waals surface area (Å²) in [5, 5.41) is 11.5. The van der Waals surface area contributed by atoms with Crippen LogP contribution in [0.15, 0.2) is 12.1 Å². The number of anilines is 1. The van der Waals surface area contributed by atoms with Gasteiger partial charge < -0.3 is 19.9 Å². The number of piperazine rings is 1. The van der Waals surface area contributed by atoms with Crippen molar-refractivity contribution < 1.29 is 22.3 Å². The molecule has 6 rings (SSSR count). The summed E-state index contributed by atoms with van der Waals surface area (Å²) < 4.78 is 67.9. The second-order valence-electron chi connectivity index (χ2n) is 12.7.